The molecule has 0 amide bonds. The first-order valence-corrected chi connectivity index (χ1v) is 11.5. The number of fused-ring (bicyclic) bond motifs is 5. The molecule has 6 nitrogen and oxygen atoms in total. The number of nitrogens with zero attached hydrogens (tertiary/aromatic N) is 4. The minimum Gasteiger partial charge on any atom is -0.338 e. The number of anilines is 2. The van der Waals surface area contributed by atoms with Crippen LogP contribution in [0.15, 0.2) is 102 Å². The van der Waals surface area contributed by atoms with E-state index in [4.69, 9.17) is 0 Å². The van der Waals surface area contributed by atoms with Crippen LogP contribution in [0.4, 0.5) is 11.5 Å². The molecule has 33 heavy (non-hydrogen) atoms. The zero-order valence-corrected chi connectivity index (χ0v) is 18.5. The molecule has 2 N–H and O–H groups in total. The summed E-state index contributed by atoms with van der Waals surface area (Å²) in [4.78, 5) is 5.76. The molecule has 0 atom stereocenters. The molecule has 2 aromatic heterocycles. The first-order valence-electron chi connectivity index (χ1n) is 10.7. The molecule has 0 radical (unpaired) electrons. The Hall–Kier alpha value is -3.94. The van der Waals surface area contributed by atoms with E-state index in [-0.39, 0.29) is 0 Å². The first kappa shape index (κ1) is 19.7. The fourth-order valence-corrected chi connectivity index (χ4v) is 4.62. The summed E-state index contributed by atoms with van der Waals surface area (Å²) in [5.41, 5.74) is 5.09. The average molecular weight is 449 g/mol. The van der Waals surface area contributed by atoms with Gasteiger partial charge in [-0.15, -0.1) is 10.2 Å². The van der Waals surface area contributed by atoms with Gasteiger partial charge in [0.1, 0.15) is 0 Å². The lowest BCUT2D eigenvalue weighted by molar-refractivity contribution is 0.974. The van der Waals surface area contributed by atoms with Crippen LogP contribution in [0.5, 0.6) is 0 Å². The summed E-state index contributed by atoms with van der Waals surface area (Å²) in [6.45, 7) is 0.766. The fourth-order valence-electron chi connectivity index (χ4n) is 3.93. The summed E-state index contributed by atoms with van der Waals surface area (Å²) in [5.74, 6) is 2.37. The molecule has 3 heterocycles. The third-order valence-corrected chi connectivity index (χ3v) is 6.33. The van der Waals surface area contributed by atoms with Crippen LogP contribution >= 0.6 is 11.9 Å². The summed E-state index contributed by atoms with van der Waals surface area (Å²) in [7, 11) is 0. The second-order valence-corrected chi connectivity index (χ2v) is 8.62. The summed E-state index contributed by atoms with van der Waals surface area (Å²) >= 11 is 1.63. The molecule has 6 rings (SSSR count). The molecule has 0 aliphatic carbocycles. The smallest absolute Gasteiger partial charge is 0.171 e. The summed E-state index contributed by atoms with van der Waals surface area (Å²) in [5, 5.41) is 12.6. The van der Waals surface area contributed by atoms with Crippen LogP contribution in [-0.4, -0.2) is 19.7 Å². The fraction of sp³-hybridized carbons (Fsp3) is 0.0385. The standard InChI is InChI=1S/C26H20N6S/c1-2-7-20(8-3-1)33-28-17-18-12-14-19(15-13-18)25-30-31-26-21-9-4-5-10-22(21)29-24-23(32(25)26)11-6-16-27-24/h1-16,28H,17H2,(H,27,29). The normalized spacial score (nSPS) is 11.6. The van der Waals surface area contributed by atoms with Crippen molar-refractivity contribution in [3.05, 3.63) is 103 Å². The van der Waals surface area contributed by atoms with E-state index in [9.17, 15) is 0 Å². The van der Waals surface area contributed by atoms with Gasteiger partial charge < -0.3 is 5.32 Å². The maximum absolute atomic E-state index is 4.58. The van der Waals surface area contributed by atoms with Gasteiger partial charge in [-0.05, 0) is 53.9 Å². The van der Waals surface area contributed by atoms with Crippen molar-refractivity contribution >= 4 is 23.5 Å². The number of para-hydroxylation sites is 1. The number of benzene rings is 3. The van der Waals surface area contributed by atoms with E-state index >= 15 is 0 Å². The molecule has 0 unspecified atom stereocenters. The zero-order chi connectivity index (χ0) is 22.0. The largest absolute Gasteiger partial charge is 0.338 e. The summed E-state index contributed by atoms with van der Waals surface area (Å²) in [6.07, 6.45) is 1.79. The number of hydrogen-bond donors (Lipinski definition) is 2. The van der Waals surface area contributed by atoms with E-state index in [2.05, 4.69) is 72.3 Å². The van der Waals surface area contributed by atoms with Crippen LogP contribution in [0.1, 0.15) is 5.56 Å². The van der Waals surface area contributed by atoms with Crippen LogP contribution in [0, 0.1) is 0 Å². The number of pyridine rings is 1. The van der Waals surface area contributed by atoms with E-state index in [1.807, 2.05) is 48.5 Å². The van der Waals surface area contributed by atoms with Gasteiger partial charge in [0.2, 0.25) is 0 Å². The van der Waals surface area contributed by atoms with Crippen LogP contribution in [0.2, 0.25) is 0 Å². The molecular formula is C26H20N6S. The maximum Gasteiger partial charge on any atom is 0.171 e. The number of rotatable bonds is 5. The molecule has 5 aromatic rings. The molecule has 0 bridgehead atoms. The van der Waals surface area contributed by atoms with Crippen molar-refractivity contribution < 1.29 is 0 Å². The zero-order valence-electron chi connectivity index (χ0n) is 17.6. The molecular weight excluding hydrogens is 428 g/mol. The third kappa shape index (κ3) is 3.77. The van der Waals surface area contributed by atoms with E-state index in [0.717, 1.165) is 46.5 Å². The van der Waals surface area contributed by atoms with Crippen LogP contribution < -0.4 is 10.0 Å². The van der Waals surface area contributed by atoms with Gasteiger partial charge in [0.15, 0.2) is 17.5 Å². The molecule has 1 aliphatic rings. The highest BCUT2D eigenvalue weighted by molar-refractivity contribution is 7.97. The quantitative estimate of drug-likeness (QED) is 0.323. The van der Waals surface area contributed by atoms with E-state index in [1.54, 1.807) is 18.1 Å². The minimum absolute atomic E-state index is 0.766. The topological polar surface area (TPSA) is 67.7 Å². The van der Waals surface area contributed by atoms with Crippen molar-refractivity contribution in [2.24, 2.45) is 0 Å². The van der Waals surface area contributed by atoms with Crippen molar-refractivity contribution in [1.82, 2.24) is 24.5 Å². The van der Waals surface area contributed by atoms with Crippen molar-refractivity contribution in [2.75, 3.05) is 5.32 Å². The lowest BCUT2D eigenvalue weighted by Crippen LogP contribution is -2.04. The Kier molecular flexibility index (Phi) is 5.10. The first-order chi connectivity index (χ1) is 16.4. The Morgan fingerprint density at radius 3 is 2.45 bits per heavy atom. The molecule has 0 spiro atoms. The van der Waals surface area contributed by atoms with E-state index < -0.39 is 0 Å². The molecule has 7 heteroatoms. The third-order valence-electron chi connectivity index (χ3n) is 5.53. The number of aromatic nitrogens is 4. The summed E-state index contributed by atoms with van der Waals surface area (Å²) in [6, 6.07) is 30.8. The SMILES string of the molecule is c1ccc(SNCc2ccc(-c3nnc4n3-c3cccnc3Nc3ccccc3-4)cc2)cc1. The predicted molar refractivity (Wildman–Crippen MR) is 132 cm³/mol. The van der Waals surface area contributed by atoms with Crippen molar-refractivity contribution in [3.8, 4) is 28.5 Å². The highest BCUT2D eigenvalue weighted by Gasteiger charge is 2.24. The minimum atomic E-state index is 0.766. The molecule has 1 aliphatic heterocycles. The van der Waals surface area contributed by atoms with Crippen molar-refractivity contribution in [3.63, 3.8) is 0 Å². The highest BCUT2D eigenvalue weighted by Crippen LogP contribution is 2.38. The van der Waals surface area contributed by atoms with E-state index in [0.29, 0.717) is 0 Å². The van der Waals surface area contributed by atoms with Gasteiger partial charge >= 0.3 is 0 Å². The van der Waals surface area contributed by atoms with Gasteiger partial charge in [0.05, 0.1) is 11.4 Å². The van der Waals surface area contributed by atoms with Gasteiger partial charge in [-0.2, -0.15) is 0 Å². The molecule has 0 saturated heterocycles. The van der Waals surface area contributed by atoms with E-state index in [1.165, 1.54) is 10.5 Å². The molecule has 160 valence electrons. The van der Waals surface area contributed by atoms with Crippen molar-refractivity contribution in [1.29, 1.82) is 0 Å². The average Bonchev–Trinajstić information content (AvgIpc) is 3.25. The Bertz CT molecular complexity index is 1410. The Balaban J connectivity index is 1.32. The number of hydrogen-bond acceptors (Lipinski definition) is 6. The highest BCUT2D eigenvalue weighted by atomic mass is 32.2. The summed E-state index contributed by atoms with van der Waals surface area (Å²) < 4.78 is 5.50. The van der Waals surface area contributed by atoms with Gasteiger partial charge in [-0.1, -0.05) is 54.6 Å². The van der Waals surface area contributed by atoms with Crippen LogP contribution in [0.3, 0.4) is 0 Å². The maximum atomic E-state index is 4.58. The van der Waals surface area contributed by atoms with Gasteiger partial charge in [0, 0.05) is 28.8 Å². The number of nitrogens with one attached hydrogen (secondary N) is 2. The molecule has 3 aromatic carbocycles. The van der Waals surface area contributed by atoms with Gasteiger partial charge in [-0.25, -0.2) is 4.98 Å². The van der Waals surface area contributed by atoms with Gasteiger partial charge in [-0.3, -0.25) is 9.29 Å². The van der Waals surface area contributed by atoms with Crippen molar-refractivity contribution in [2.45, 2.75) is 11.4 Å². The lowest BCUT2D eigenvalue weighted by Gasteiger charge is -2.11. The Morgan fingerprint density at radius 2 is 1.58 bits per heavy atom. The Labute approximate surface area is 195 Å². The monoisotopic (exact) mass is 448 g/mol. The van der Waals surface area contributed by atoms with Gasteiger partial charge in [0.25, 0.3) is 0 Å². The predicted octanol–water partition coefficient (Wildman–Crippen LogP) is 5.85. The second-order valence-electron chi connectivity index (χ2n) is 7.66. The Morgan fingerprint density at radius 1 is 0.788 bits per heavy atom. The second kappa shape index (κ2) is 8.54. The van der Waals surface area contributed by atoms with Crippen LogP contribution in [0.25, 0.3) is 28.5 Å². The lowest BCUT2D eigenvalue weighted by atomic mass is 10.1. The molecule has 0 fully saturated rings. The molecule has 0 saturated carbocycles. The van der Waals surface area contributed by atoms with Crippen LogP contribution in [-0.2, 0) is 6.54 Å².